The first kappa shape index (κ1) is 20.0. The van der Waals surface area contributed by atoms with Crippen molar-refractivity contribution >= 4 is 29.1 Å². The maximum atomic E-state index is 12.8. The molecule has 1 aromatic heterocycles. The zero-order valence-corrected chi connectivity index (χ0v) is 17.5. The summed E-state index contributed by atoms with van der Waals surface area (Å²) in [6, 6.07) is 15.6. The van der Waals surface area contributed by atoms with E-state index < -0.39 is 0 Å². The third-order valence-electron chi connectivity index (χ3n) is 5.15. The summed E-state index contributed by atoms with van der Waals surface area (Å²) in [5, 5.41) is 5.79. The Morgan fingerprint density at radius 2 is 1.66 bits per heavy atom. The fourth-order valence-corrected chi connectivity index (χ4v) is 3.82. The van der Waals surface area contributed by atoms with Crippen molar-refractivity contribution in [2.24, 2.45) is 0 Å². The van der Waals surface area contributed by atoms with Crippen LogP contribution in [-0.2, 0) is 13.1 Å². The van der Waals surface area contributed by atoms with Crippen LogP contribution in [0.25, 0.3) is 0 Å². The van der Waals surface area contributed by atoms with Gasteiger partial charge in [0.1, 0.15) is 0 Å². The molecule has 7 heteroatoms. The molecule has 1 amide bonds. The molecular weight excluding hydrogens is 407 g/mol. The van der Waals surface area contributed by atoms with Gasteiger partial charge < -0.3 is 4.90 Å². The summed E-state index contributed by atoms with van der Waals surface area (Å²) in [6.45, 7) is 4.53. The lowest BCUT2D eigenvalue weighted by atomic mass is 10.2. The summed E-state index contributed by atoms with van der Waals surface area (Å²) < 4.78 is 1.76. The second kappa shape index (κ2) is 8.99. The minimum absolute atomic E-state index is 0.0292. The average molecular weight is 429 g/mol. The molecule has 3 aromatic rings. The Morgan fingerprint density at radius 3 is 2.38 bits per heavy atom. The molecule has 4 rings (SSSR count). The summed E-state index contributed by atoms with van der Waals surface area (Å²) in [5.41, 5.74) is 2.82. The molecule has 150 valence electrons. The molecule has 5 nitrogen and oxygen atoms in total. The number of carbonyl (C=O) groups excluding carboxylic acids is 1. The number of amides is 1. The summed E-state index contributed by atoms with van der Waals surface area (Å²) in [4.78, 5) is 17.1. The molecule has 1 saturated heterocycles. The van der Waals surface area contributed by atoms with Crippen molar-refractivity contribution < 1.29 is 4.79 Å². The van der Waals surface area contributed by atoms with Crippen molar-refractivity contribution in [2.75, 3.05) is 26.2 Å². The highest BCUT2D eigenvalue weighted by atomic mass is 35.5. The predicted molar refractivity (Wildman–Crippen MR) is 115 cm³/mol. The number of benzene rings is 2. The van der Waals surface area contributed by atoms with Crippen LogP contribution in [0.15, 0.2) is 60.9 Å². The molecule has 0 N–H and O–H groups in total. The van der Waals surface area contributed by atoms with E-state index >= 15 is 0 Å². The molecule has 0 atom stereocenters. The van der Waals surface area contributed by atoms with Crippen LogP contribution in [0.3, 0.4) is 0 Å². The second-order valence-electron chi connectivity index (χ2n) is 7.21. The summed E-state index contributed by atoms with van der Waals surface area (Å²) in [5.74, 6) is 0.0292. The largest absolute Gasteiger partial charge is 0.336 e. The maximum Gasteiger partial charge on any atom is 0.257 e. The Kier molecular flexibility index (Phi) is 6.19. The van der Waals surface area contributed by atoms with Crippen molar-refractivity contribution in [1.29, 1.82) is 0 Å². The molecule has 29 heavy (non-hydrogen) atoms. The summed E-state index contributed by atoms with van der Waals surface area (Å²) in [7, 11) is 0. The van der Waals surface area contributed by atoms with Crippen LogP contribution in [0.1, 0.15) is 21.5 Å². The Bertz CT molecular complexity index is 978. The van der Waals surface area contributed by atoms with E-state index in [-0.39, 0.29) is 5.91 Å². The lowest BCUT2D eigenvalue weighted by Crippen LogP contribution is -2.48. The van der Waals surface area contributed by atoms with Crippen LogP contribution in [0, 0.1) is 0 Å². The third kappa shape index (κ3) is 4.99. The smallest absolute Gasteiger partial charge is 0.257 e. The monoisotopic (exact) mass is 428 g/mol. The highest BCUT2D eigenvalue weighted by Crippen LogP contribution is 2.17. The number of rotatable bonds is 5. The highest BCUT2D eigenvalue weighted by Gasteiger charge is 2.23. The second-order valence-corrected chi connectivity index (χ2v) is 8.06. The van der Waals surface area contributed by atoms with Gasteiger partial charge >= 0.3 is 0 Å². The van der Waals surface area contributed by atoms with Gasteiger partial charge in [0, 0.05) is 49.0 Å². The molecule has 1 aliphatic rings. The molecule has 0 radical (unpaired) electrons. The highest BCUT2D eigenvalue weighted by molar-refractivity contribution is 6.31. The van der Waals surface area contributed by atoms with Crippen molar-refractivity contribution in [3.8, 4) is 0 Å². The minimum atomic E-state index is 0.0292. The van der Waals surface area contributed by atoms with Gasteiger partial charge in [-0.05, 0) is 29.3 Å². The number of nitrogens with zero attached hydrogens (tertiary/aromatic N) is 4. The van der Waals surface area contributed by atoms with Gasteiger partial charge in [-0.2, -0.15) is 5.10 Å². The molecule has 2 aromatic carbocycles. The molecule has 0 spiro atoms. The van der Waals surface area contributed by atoms with Gasteiger partial charge in [-0.25, -0.2) is 0 Å². The number of piperazine rings is 1. The molecule has 0 unspecified atom stereocenters. The van der Waals surface area contributed by atoms with Gasteiger partial charge in [-0.3, -0.25) is 14.4 Å². The quantitative estimate of drug-likeness (QED) is 0.611. The number of hydrogen-bond acceptors (Lipinski definition) is 3. The topological polar surface area (TPSA) is 41.4 Å². The van der Waals surface area contributed by atoms with E-state index in [2.05, 4.69) is 10.00 Å². The summed E-state index contributed by atoms with van der Waals surface area (Å²) >= 11 is 12.2. The Morgan fingerprint density at radius 1 is 0.931 bits per heavy atom. The third-order valence-corrected chi connectivity index (χ3v) is 5.77. The van der Waals surface area contributed by atoms with Gasteiger partial charge in [-0.1, -0.05) is 53.5 Å². The fraction of sp³-hybridized carbons (Fsp3) is 0.273. The van der Waals surface area contributed by atoms with Crippen molar-refractivity contribution in [3.63, 3.8) is 0 Å². The van der Waals surface area contributed by atoms with E-state index in [9.17, 15) is 4.79 Å². The Hall–Kier alpha value is -2.34. The van der Waals surface area contributed by atoms with Crippen LogP contribution in [0.5, 0.6) is 0 Å². The molecule has 1 aliphatic heterocycles. The van der Waals surface area contributed by atoms with Crippen molar-refractivity contribution in [3.05, 3.63) is 87.7 Å². The Balaban J connectivity index is 1.32. The number of halogens is 2. The van der Waals surface area contributed by atoms with Crippen molar-refractivity contribution in [2.45, 2.75) is 13.1 Å². The van der Waals surface area contributed by atoms with E-state index in [1.807, 2.05) is 53.4 Å². The first-order valence-electron chi connectivity index (χ1n) is 9.60. The number of aromatic nitrogens is 2. The molecule has 2 heterocycles. The number of carbonyl (C=O) groups is 1. The van der Waals surface area contributed by atoms with Crippen LogP contribution >= 0.6 is 23.2 Å². The zero-order valence-electron chi connectivity index (χ0n) is 16.0. The molecular formula is C22H22Cl2N4O. The Labute approximate surface area is 180 Å². The first-order chi connectivity index (χ1) is 14.1. The molecule has 0 aliphatic carbocycles. The van der Waals surface area contributed by atoms with E-state index in [1.165, 1.54) is 5.56 Å². The minimum Gasteiger partial charge on any atom is -0.336 e. The fourth-order valence-electron chi connectivity index (χ4n) is 3.50. The van der Waals surface area contributed by atoms with Gasteiger partial charge in [-0.15, -0.1) is 0 Å². The average Bonchev–Trinajstić information content (AvgIpc) is 3.20. The van der Waals surface area contributed by atoms with Crippen LogP contribution < -0.4 is 0 Å². The van der Waals surface area contributed by atoms with E-state index in [1.54, 1.807) is 17.1 Å². The number of hydrogen-bond donors (Lipinski definition) is 0. The van der Waals surface area contributed by atoms with E-state index in [4.69, 9.17) is 23.2 Å². The van der Waals surface area contributed by atoms with Crippen LogP contribution in [0.4, 0.5) is 0 Å². The van der Waals surface area contributed by atoms with Gasteiger partial charge in [0.25, 0.3) is 5.91 Å². The van der Waals surface area contributed by atoms with Gasteiger partial charge in [0.15, 0.2) is 0 Å². The molecule has 0 saturated carbocycles. The van der Waals surface area contributed by atoms with Gasteiger partial charge in [0.05, 0.1) is 18.3 Å². The van der Waals surface area contributed by atoms with E-state index in [0.29, 0.717) is 30.2 Å². The SMILES string of the molecule is O=C(c1cnn(Cc2ccccc2Cl)c1)N1CCN(Cc2ccc(Cl)cc2)CC1. The summed E-state index contributed by atoms with van der Waals surface area (Å²) in [6.07, 6.45) is 3.44. The van der Waals surface area contributed by atoms with Crippen LogP contribution in [0.2, 0.25) is 10.0 Å². The lowest BCUT2D eigenvalue weighted by Gasteiger charge is -2.34. The predicted octanol–water partition coefficient (Wildman–Crippen LogP) is 4.20. The normalized spacial score (nSPS) is 14.9. The molecule has 1 fully saturated rings. The van der Waals surface area contributed by atoms with Gasteiger partial charge in [0.2, 0.25) is 0 Å². The lowest BCUT2D eigenvalue weighted by molar-refractivity contribution is 0.0628. The van der Waals surface area contributed by atoms with Crippen LogP contribution in [-0.4, -0.2) is 51.7 Å². The maximum absolute atomic E-state index is 12.8. The van der Waals surface area contributed by atoms with E-state index in [0.717, 1.165) is 30.2 Å². The molecule has 0 bridgehead atoms. The van der Waals surface area contributed by atoms with Crippen molar-refractivity contribution in [1.82, 2.24) is 19.6 Å². The zero-order chi connectivity index (χ0) is 20.2. The standard InChI is InChI=1S/C22H22Cl2N4O/c23-20-7-5-17(6-8-20)14-26-9-11-27(12-10-26)22(29)19-13-25-28(16-19)15-18-3-1-2-4-21(18)24/h1-8,13,16H,9-12,14-15H2. The first-order valence-corrected chi connectivity index (χ1v) is 10.4.